The molecule has 148 valence electrons. The van der Waals surface area contributed by atoms with Crippen LogP contribution in [0.15, 0.2) is 30.3 Å². The van der Waals surface area contributed by atoms with Gasteiger partial charge in [-0.25, -0.2) is 4.39 Å². The fourth-order valence-corrected chi connectivity index (χ4v) is 2.91. The summed E-state index contributed by atoms with van der Waals surface area (Å²) in [5, 5.41) is 4.22. The molecule has 0 unspecified atom stereocenters. The molecule has 3 nitrogen and oxygen atoms in total. The van der Waals surface area contributed by atoms with Crippen molar-refractivity contribution in [3.05, 3.63) is 57.3 Å². The van der Waals surface area contributed by atoms with Crippen LogP contribution < -0.4 is 14.8 Å². The van der Waals surface area contributed by atoms with E-state index >= 15 is 0 Å². The summed E-state index contributed by atoms with van der Waals surface area (Å²) in [5.74, 6) is 0.499. The van der Waals surface area contributed by atoms with Crippen LogP contribution in [0, 0.1) is 5.82 Å². The molecule has 2 aromatic carbocycles. The van der Waals surface area contributed by atoms with Crippen LogP contribution in [-0.2, 0) is 13.2 Å². The van der Waals surface area contributed by atoms with Crippen LogP contribution in [-0.4, -0.2) is 12.1 Å². The first-order valence-corrected chi connectivity index (χ1v) is 9.79. The summed E-state index contributed by atoms with van der Waals surface area (Å²) < 4.78 is 25.5. The van der Waals surface area contributed by atoms with Crippen LogP contribution in [0.1, 0.15) is 45.2 Å². The zero-order valence-electron chi connectivity index (χ0n) is 16.2. The van der Waals surface area contributed by atoms with Crippen LogP contribution >= 0.6 is 23.2 Å². The Labute approximate surface area is 170 Å². The zero-order chi connectivity index (χ0) is 20.0. The summed E-state index contributed by atoms with van der Waals surface area (Å²) in [7, 11) is 0. The molecule has 0 aliphatic heterocycles. The predicted octanol–water partition coefficient (Wildman–Crippen LogP) is 6.39. The Morgan fingerprint density at radius 1 is 1.07 bits per heavy atom. The topological polar surface area (TPSA) is 30.5 Å². The van der Waals surface area contributed by atoms with Gasteiger partial charge in [0.05, 0.1) is 16.7 Å². The van der Waals surface area contributed by atoms with E-state index in [1.807, 2.05) is 19.1 Å². The molecule has 0 fully saturated rings. The summed E-state index contributed by atoms with van der Waals surface area (Å²) in [6.45, 7) is 9.39. The largest absolute Gasteiger partial charge is 0.490 e. The van der Waals surface area contributed by atoms with Crippen molar-refractivity contribution in [2.75, 3.05) is 6.61 Å². The lowest BCUT2D eigenvalue weighted by Crippen LogP contribution is -2.37. The molecule has 0 saturated carbocycles. The quantitative estimate of drug-likeness (QED) is 0.516. The van der Waals surface area contributed by atoms with Gasteiger partial charge in [0.2, 0.25) is 0 Å². The van der Waals surface area contributed by atoms with Gasteiger partial charge in [0.1, 0.15) is 12.4 Å². The lowest BCUT2D eigenvalue weighted by molar-refractivity contribution is 0.265. The lowest BCUT2D eigenvalue weighted by Gasteiger charge is -2.25. The van der Waals surface area contributed by atoms with Gasteiger partial charge in [-0.3, -0.25) is 0 Å². The summed E-state index contributed by atoms with van der Waals surface area (Å²) in [6.07, 6.45) is 1.00. The van der Waals surface area contributed by atoms with Crippen LogP contribution in [0.5, 0.6) is 11.5 Å². The summed E-state index contributed by atoms with van der Waals surface area (Å²) >= 11 is 12.5. The van der Waals surface area contributed by atoms with Crippen LogP contribution in [0.3, 0.4) is 0 Å². The highest BCUT2D eigenvalue weighted by molar-refractivity contribution is 6.32. The zero-order valence-corrected chi connectivity index (χ0v) is 17.7. The van der Waals surface area contributed by atoms with Gasteiger partial charge in [0.15, 0.2) is 11.5 Å². The predicted molar refractivity (Wildman–Crippen MR) is 110 cm³/mol. The highest BCUT2D eigenvalue weighted by atomic mass is 35.5. The average molecular weight is 414 g/mol. The highest BCUT2D eigenvalue weighted by Crippen LogP contribution is 2.38. The van der Waals surface area contributed by atoms with Crippen molar-refractivity contribution in [2.24, 2.45) is 0 Å². The van der Waals surface area contributed by atoms with Gasteiger partial charge in [-0.05, 0) is 57.0 Å². The van der Waals surface area contributed by atoms with Gasteiger partial charge in [-0.1, -0.05) is 36.2 Å². The first-order chi connectivity index (χ1) is 12.8. The van der Waals surface area contributed by atoms with Crippen molar-refractivity contribution in [2.45, 2.75) is 52.8 Å². The van der Waals surface area contributed by atoms with Crippen LogP contribution in [0.2, 0.25) is 10.0 Å². The van der Waals surface area contributed by atoms with Crippen molar-refractivity contribution in [1.29, 1.82) is 0 Å². The molecular formula is C21H26Cl2FNO2. The minimum Gasteiger partial charge on any atom is -0.490 e. The number of nitrogens with one attached hydrogen (secondary N) is 1. The number of hydrogen-bond donors (Lipinski definition) is 1. The standard InChI is InChI=1S/C21H26Cl2FNO2/c1-5-21(3,4)25-12-14-10-17(23)20(19(11-14)26-6-2)27-13-15-16(22)8-7-9-18(15)24/h7-11,25H,5-6,12-13H2,1-4H3. The van der Waals surface area contributed by atoms with Crippen LogP contribution in [0.25, 0.3) is 0 Å². The Balaban J connectivity index is 2.22. The molecule has 0 aliphatic rings. The molecule has 0 saturated heterocycles. The Morgan fingerprint density at radius 3 is 2.44 bits per heavy atom. The van der Waals surface area contributed by atoms with Gasteiger partial charge in [-0.15, -0.1) is 0 Å². The van der Waals surface area contributed by atoms with Gasteiger partial charge in [0.25, 0.3) is 0 Å². The maximum atomic E-state index is 14.0. The van der Waals surface area contributed by atoms with Crippen LogP contribution in [0.4, 0.5) is 4.39 Å². The SMILES string of the molecule is CCOc1cc(CNC(C)(C)CC)cc(Cl)c1OCc1c(F)cccc1Cl. The molecule has 0 aliphatic carbocycles. The number of halogens is 3. The molecule has 0 atom stereocenters. The summed E-state index contributed by atoms with van der Waals surface area (Å²) in [6, 6.07) is 8.26. The molecule has 0 heterocycles. The Kier molecular flexibility index (Phi) is 7.78. The van der Waals surface area contributed by atoms with Gasteiger partial charge < -0.3 is 14.8 Å². The Hall–Kier alpha value is -1.49. The second-order valence-electron chi connectivity index (χ2n) is 6.92. The summed E-state index contributed by atoms with van der Waals surface area (Å²) in [5.41, 5.74) is 1.30. The maximum Gasteiger partial charge on any atom is 0.180 e. The molecule has 0 bridgehead atoms. The summed E-state index contributed by atoms with van der Waals surface area (Å²) in [4.78, 5) is 0. The first kappa shape index (κ1) is 21.8. The molecule has 1 N–H and O–H groups in total. The Bertz CT molecular complexity index is 761. The normalized spacial score (nSPS) is 11.5. The van der Waals surface area contributed by atoms with E-state index in [1.165, 1.54) is 6.07 Å². The van der Waals surface area contributed by atoms with E-state index in [1.54, 1.807) is 12.1 Å². The van der Waals surface area contributed by atoms with Gasteiger partial charge >= 0.3 is 0 Å². The maximum absolute atomic E-state index is 14.0. The second kappa shape index (κ2) is 9.63. The molecule has 0 radical (unpaired) electrons. The van der Waals surface area contributed by atoms with Crippen molar-refractivity contribution in [3.63, 3.8) is 0 Å². The lowest BCUT2D eigenvalue weighted by atomic mass is 10.0. The second-order valence-corrected chi connectivity index (χ2v) is 7.73. The van der Waals surface area contributed by atoms with E-state index in [-0.39, 0.29) is 17.7 Å². The third kappa shape index (κ3) is 6.00. The molecule has 6 heteroatoms. The molecule has 27 heavy (non-hydrogen) atoms. The van der Waals surface area contributed by atoms with Gasteiger partial charge in [-0.2, -0.15) is 0 Å². The fraction of sp³-hybridized carbons (Fsp3) is 0.429. The molecule has 2 aromatic rings. The van der Waals surface area contributed by atoms with Crippen molar-refractivity contribution in [3.8, 4) is 11.5 Å². The molecule has 0 aromatic heterocycles. The van der Waals surface area contributed by atoms with Crippen molar-refractivity contribution in [1.82, 2.24) is 5.32 Å². The minimum absolute atomic E-state index is 0.0228. The van der Waals surface area contributed by atoms with E-state index in [2.05, 4.69) is 26.1 Å². The number of ether oxygens (including phenoxy) is 2. The minimum atomic E-state index is -0.417. The van der Waals surface area contributed by atoms with E-state index in [0.29, 0.717) is 34.7 Å². The molecule has 2 rings (SSSR count). The van der Waals surface area contributed by atoms with E-state index in [9.17, 15) is 4.39 Å². The molecule has 0 amide bonds. The highest BCUT2D eigenvalue weighted by Gasteiger charge is 2.17. The number of benzene rings is 2. The van der Waals surface area contributed by atoms with Gasteiger partial charge in [0, 0.05) is 17.6 Å². The molecular weight excluding hydrogens is 388 g/mol. The third-order valence-corrected chi connectivity index (χ3v) is 5.08. The van der Waals surface area contributed by atoms with Crippen molar-refractivity contribution >= 4 is 23.2 Å². The van der Waals surface area contributed by atoms with E-state index < -0.39 is 5.82 Å². The van der Waals surface area contributed by atoms with Crippen molar-refractivity contribution < 1.29 is 13.9 Å². The Morgan fingerprint density at radius 2 is 1.81 bits per heavy atom. The first-order valence-electron chi connectivity index (χ1n) is 9.03. The number of hydrogen-bond acceptors (Lipinski definition) is 3. The monoisotopic (exact) mass is 413 g/mol. The smallest absolute Gasteiger partial charge is 0.180 e. The van der Waals surface area contributed by atoms with E-state index in [0.717, 1.165) is 12.0 Å². The fourth-order valence-electron chi connectivity index (χ4n) is 2.41. The number of rotatable bonds is 9. The molecule has 0 spiro atoms. The van der Waals surface area contributed by atoms with E-state index in [4.69, 9.17) is 32.7 Å². The third-order valence-electron chi connectivity index (χ3n) is 4.45. The average Bonchev–Trinajstić information content (AvgIpc) is 2.61.